The van der Waals surface area contributed by atoms with Crippen LogP contribution in [0.25, 0.3) is 0 Å². The third kappa shape index (κ3) is 22.6. The van der Waals surface area contributed by atoms with Gasteiger partial charge in [-0.15, -0.1) is 0 Å². The molecule has 0 saturated heterocycles. The summed E-state index contributed by atoms with van der Waals surface area (Å²) < 4.78 is 32.0. The Morgan fingerprint density at radius 2 is 1.64 bits per heavy atom. The summed E-state index contributed by atoms with van der Waals surface area (Å²) in [6.07, 6.45) is 2.57. The summed E-state index contributed by atoms with van der Waals surface area (Å²) in [4.78, 5) is 0. The Morgan fingerprint density at radius 1 is 1.14 bits per heavy atom. The van der Waals surface area contributed by atoms with Crippen molar-refractivity contribution in [2.75, 3.05) is 19.8 Å². The maximum atomic E-state index is 9.93. The minimum absolute atomic E-state index is 0.0761. The summed E-state index contributed by atoms with van der Waals surface area (Å²) >= 11 is 0. The van der Waals surface area contributed by atoms with Crippen LogP contribution in [-0.4, -0.2) is 43.0 Å². The maximum absolute atomic E-state index is 9.93. The SMILES string of the molecule is CCCCCOS(=O)(=O)O.OCCO. The highest BCUT2D eigenvalue weighted by atomic mass is 32.3. The van der Waals surface area contributed by atoms with Crippen LogP contribution in [0.3, 0.4) is 0 Å². The summed E-state index contributed by atoms with van der Waals surface area (Å²) in [5.41, 5.74) is 0. The highest BCUT2D eigenvalue weighted by molar-refractivity contribution is 7.80. The number of rotatable bonds is 6. The summed E-state index contributed by atoms with van der Waals surface area (Å²) in [6, 6.07) is 0. The molecule has 0 aliphatic rings. The molecule has 0 atom stereocenters. The van der Waals surface area contributed by atoms with E-state index in [2.05, 4.69) is 4.18 Å². The normalized spacial score (nSPS) is 10.6. The van der Waals surface area contributed by atoms with E-state index in [1.54, 1.807) is 0 Å². The smallest absolute Gasteiger partial charge is 0.394 e. The maximum Gasteiger partial charge on any atom is 0.397 e. The molecule has 0 aromatic heterocycles. The van der Waals surface area contributed by atoms with E-state index in [9.17, 15) is 8.42 Å². The fourth-order valence-electron chi connectivity index (χ4n) is 0.516. The van der Waals surface area contributed by atoms with Gasteiger partial charge in [-0.3, -0.25) is 4.55 Å². The molecular weight excluding hydrogens is 212 g/mol. The average Bonchev–Trinajstić information content (AvgIpc) is 2.11. The standard InChI is InChI=1S/C5H12O4S.C2H6O2/c1-2-3-4-5-9-10(6,7)8;3-1-2-4/h2-5H2,1H3,(H,6,7,8);3-4H,1-2H2. The van der Waals surface area contributed by atoms with E-state index < -0.39 is 10.4 Å². The molecule has 0 aliphatic heterocycles. The Kier molecular flexibility index (Phi) is 12.6. The summed E-state index contributed by atoms with van der Waals surface area (Å²) in [5, 5.41) is 15.2. The Bertz CT molecular complexity index is 186. The highest BCUT2D eigenvalue weighted by Crippen LogP contribution is 1.96. The van der Waals surface area contributed by atoms with Crippen LogP contribution < -0.4 is 0 Å². The molecule has 0 aromatic carbocycles. The monoisotopic (exact) mass is 230 g/mol. The van der Waals surface area contributed by atoms with Crippen molar-refractivity contribution in [3.63, 3.8) is 0 Å². The van der Waals surface area contributed by atoms with Gasteiger partial charge in [0.05, 0.1) is 19.8 Å². The lowest BCUT2D eigenvalue weighted by Crippen LogP contribution is -2.04. The molecule has 14 heavy (non-hydrogen) atoms. The first-order valence-corrected chi connectivity index (χ1v) is 5.68. The van der Waals surface area contributed by atoms with E-state index in [1.807, 2.05) is 6.92 Å². The topological polar surface area (TPSA) is 104 Å². The van der Waals surface area contributed by atoms with Crippen molar-refractivity contribution in [2.24, 2.45) is 0 Å². The molecule has 0 unspecified atom stereocenters. The molecule has 0 heterocycles. The zero-order chi connectivity index (χ0) is 11.4. The predicted octanol–water partition coefficient (Wildman–Crippen LogP) is -0.0330. The van der Waals surface area contributed by atoms with Crippen LogP contribution in [0.1, 0.15) is 26.2 Å². The van der Waals surface area contributed by atoms with Crippen molar-refractivity contribution in [2.45, 2.75) is 26.2 Å². The van der Waals surface area contributed by atoms with Gasteiger partial charge >= 0.3 is 10.4 Å². The van der Waals surface area contributed by atoms with Gasteiger partial charge in [-0.25, -0.2) is 4.18 Å². The number of aliphatic hydroxyl groups excluding tert-OH is 2. The predicted molar refractivity (Wildman–Crippen MR) is 51.2 cm³/mol. The van der Waals surface area contributed by atoms with Crippen LogP contribution >= 0.6 is 0 Å². The molecule has 0 bridgehead atoms. The van der Waals surface area contributed by atoms with Gasteiger partial charge in [0, 0.05) is 0 Å². The summed E-state index contributed by atoms with van der Waals surface area (Å²) in [5.74, 6) is 0. The van der Waals surface area contributed by atoms with Gasteiger partial charge in [0.25, 0.3) is 0 Å². The van der Waals surface area contributed by atoms with Crippen molar-refractivity contribution in [3.8, 4) is 0 Å². The first-order chi connectivity index (χ1) is 6.47. The van der Waals surface area contributed by atoms with Crippen molar-refractivity contribution >= 4 is 10.4 Å². The molecule has 0 aromatic rings. The van der Waals surface area contributed by atoms with Crippen LogP contribution in [0.15, 0.2) is 0 Å². The second-order valence-corrected chi connectivity index (χ2v) is 3.50. The lowest BCUT2D eigenvalue weighted by molar-refractivity contribution is 0.186. The Hall–Kier alpha value is -0.210. The largest absolute Gasteiger partial charge is 0.397 e. The van der Waals surface area contributed by atoms with E-state index in [-0.39, 0.29) is 19.8 Å². The third-order valence-electron chi connectivity index (χ3n) is 1.08. The first kappa shape index (κ1) is 16.2. The van der Waals surface area contributed by atoms with E-state index in [1.165, 1.54) is 0 Å². The fourth-order valence-corrected chi connectivity index (χ4v) is 0.845. The minimum atomic E-state index is -4.20. The molecule has 88 valence electrons. The number of hydrogen-bond donors (Lipinski definition) is 3. The summed E-state index contributed by atoms with van der Waals surface area (Å²) in [6.45, 7) is 1.82. The Morgan fingerprint density at radius 3 is 1.93 bits per heavy atom. The zero-order valence-corrected chi connectivity index (χ0v) is 9.03. The van der Waals surface area contributed by atoms with Crippen LogP contribution in [0.4, 0.5) is 0 Å². The quantitative estimate of drug-likeness (QED) is 0.437. The minimum Gasteiger partial charge on any atom is -0.394 e. The van der Waals surface area contributed by atoms with Crippen molar-refractivity contribution in [3.05, 3.63) is 0 Å². The molecule has 0 rings (SSSR count). The highest BCUT2D eigenvalue weighted by Gasteiger charge is 2.01. The van der Waals surface area contributed by atoms with E-state index >= 15 is 0 Å². The van der Waals surface area contributed by atoms with Crippen LogP contribution in [0.2, 0.25) is 0 Å². The lowest BCUT2D eigenvalue weighted by atomic mass is 10.3. The molecule has 0 fully saturated rings. The molecule has 7 heteroatoms. The number of aliphatic hydroxyl groups is 2. The zero-order valence-electron chi connectivity index (χ0n) is 8.22. The van der Waals surface area contributed by atoms with Crippen molar-refractivity contribution in [1.29, 1.82) is 0 Å². The molecule has 0 saturated carbocycles. The van der Waals surface area contributed by atoms with Gasteiger partial charge in [0.15, 0.2) is 0 Å². The Labute approximate surface area is 84.5 Å². The van der Waals surface area contributed by atoms with Gasteiger partial charge in [0.2, 0.25) is 0 Å². The van der Waals surface area contributed by atoms with Gasteiger partial charge in [-0.05, 0) is 6.42 Å². The van der Waals surface area contributed by atoms with Crippen molar-refractivity contribution in [1.82, 2.24) is 0 Å². The second kappa shape index (κ2) is 10.9. The third-order valence-corrected chi connectivity index (χ3v) is 1.54. The average molecular weight is 230 g/mol. The summed E-state index contributed by atoms with van der Waals surface area (Å²) in [7, 11) is -4.20. The van der Waals surface area contributed by atoms with Crippen molar-refractivity contribution < 1.29 is 27.4 Å². The van der Waals surface area contributed by atoms with Gasteiger partial charge in [0.1, 0.15) is 0 Å². The molecule has 3 N–H and O–H groups in total. The van der Waals surface area contributed by atoms with E-state index in [0.717, 1.165) is 12.8 Å². The Balaban J connectivity index is 0. The van der Waals surface area contributed by atoms with E-state index in [0.29, 0.717) is 6.42 Å². The van der Waals surface area contributed by atoms with Crippen LogP contribution in [0.5, 0.6) is 0 Å². The number of hydrogen-bond acceptors (Lipinski definition) is 5. The molecule has 0 amide bonds. The second-order valence-electron chi connectivity index (χ2n) is 2.40. The fraction of sp³-hybridized carbons (Fsp3) is 1.00. The molecule has 0 aliphatic carbocycles. The molecule has 0 spiro atoms. The van der Waals surface area contributed by atoms with Gasteiger partial charge in [-0.2, -0.15) is 8.42 Å². The lowest BCUT2D eigenvalue weighted by Gasteiger charge is -1.96. The van der Waals surface area contributed by atoms with Crippen LogP contribution in [0, 0.1) is 0 Å². The first-order valence-electron chi connectivity index (χ1n) is 4.31. The number of unbranched alkanes of at least 4 members (excludes halogenated alkanes) is 2. The van der Waals surface area contributed by atoms with E-state index in [4.69, 9.17) is 14.8 Å². The van der Waals surface area contributed by atoms with Gasteiger partial charge < -0.3 is 10.2 Å². The molecule has 6 nitrogen and oxygen atoms in total. The molecular formula is C7H18O6S. The molecule has 0 radical (unpaired) electrons. The van der Waals surface area contributed by atoms with Crippen LogP contribution in [-0.2, 0) is 14.6 Å². The van der Waals surface area contributed by atoms with Gasteiger partial charge in [-0.1, -0.05) is 19.8 Å².